The summed E-state index contributed by atoms with van der Waals surface area (Å²) in [6, 6.07) is 12.2. The van der Waals surface area contributed by atoms with E-state index in [4.69, 9.17) is 0 Å². The van der Waals surface area contributed by atoms with Crippen LogP contribution >= 0.6 is 0 Å². The van der Waals surface area contributed by atoms with Crippen molar-refractivity contribution < 1.29 is 22.7 Å². The molecule has 9 heteroatoms. The molecule has 0 aliphatic heterocycles. The fourth-order valence-corrected chi connectivity index (χ4v) is 2.55. The lowest BCUT2D eigenvalue weighted by Gasteiger charge is -2.12. The maximum Gasteiger partial charge on any atom is 0.573 e. The van der Waals surface area contributed by atoms with Gasteiger partial charge in [-0.2, -0.15) is 9.67 Å². The second-order valence-corrected chi connectivity index (χ2v) is 6.22. The summed E-state index contributed by atoms with van der Waals surface area (Å²) in [5, 5.41) is 7.58. The summed E-state index contributed by atoms with van der Waals surface area (Å²) in [5.41, 5.74) is 1.48. The zero-order valence-corrected chi connectivity index (χ0v) is 15.1. The molecule has 0 atom stereocenters. The van der Waals surface area contributed by atoms with Crippen LogP contribution in [0.3, 0.4) is 0 Å². The van der Waals surface area contributed by atoms with Crippen molar-refractivity contribution in [2.45, 2.75) is 26.3 Å². The summed E-state index contributed by atoms with van der Waals surface area (Å²) >= 11 is 0. The standard InChI is InChI=1S/C19H17F3N4O2/c1-12(2)23-18-24-17(16-6-4-3-5-13(16)11-27)25-26(18)14-7-9-15(10-8-14)28-19(20,21)22/h3-12H,1-2H3,(H,23,24,25). The van der Waals surface area contributed by atoms with E-state index >= 15 is 0 Å². The number of aldehydes is 1. The lowest BCUT2D eigenvalue weighted by Crippen LogP contribution is -2.17. The Balaban J connectivity index is 2.02. The maximum absolute atomic E-state index is 12.3. The lowest BCUT2D eigenvalue weighted by atomic mass is 10.1. The summed E-state index contributed by atoms with van der Waals surface area (Å²) in [5.74, 6) is 0.387. The molecule has 0 bridgehead atoms. The molecular formula is C19H17F3N4O2. The highest BCUT2D eigenvalue weighted by Gasteiger charge is 2.31. The first kappa shape index (κ1) is 19.4. The number of rotatable bonds is 6. The topological polar surface area (TPSA) is 69.0 Å². The van der Waals surface area contributed by atoms with E-state index < -0.39 is 6.36 Å². The van der Waals surface area contributed by atoms with Gasteiger partial charge in [-0.3, -0.25) is 4.79 Å². The van der Waals surface area contributed by atoms with Crippen LogP contribution in [-0.4, -0.2) is 33.5 Å². The molecule has 0 aliphatic carbocycles. The van der Waals surface area contributed by atoms with Crippen LogP contribution in [0.4, 0.5) is 19.1 Å². The van der Waals surface area contributed by atoms with Gasteiger partial charge in [0.15, 0.2) is 12.1 Å². The van der Waals surface area contributed by atoms with E-state index in [1.807, 2.05) is 13.8 Å². The van der Waals surface area contributed by atoms with Gasteiger partial charge in [0, 0.05) is 17.2 Å². The van der Waals surface area contributed by atoms with Gasteiger partial charge in [0.05, 0.1) is 5.69 Å². The number of nitrogens with zero attached hydrogens (tertiary/aromatic N) is 3. The summed E-state index contributed by atoms with van der Waals surface area (Å²) in [6.45, 7) is 3.83. The smallest absolute Gasteiger partial charge is 0.406 e. The van der Waals surface area contributed by atoms with Gasteiger partial charge in [0.2, 0.25) is 5.95 Å². The number of aromatic nitrogens is 3. The Morgan fingerprint density at radius 1 is 1.11 bits per heavy atom. The van der Waals surface area contributed by atoms with Gasteiger partial charge in [-0.15, -0.1) is 18.3 Å². The number of hydrogen-bond acceptors (Lipinski definition) is 5. The normalized spacial score (nSPS) is 11.5. The number of anilines is 1. The van der Waals surface area contributed by atoms with Crippen molar-refractivity contribution in [2.75, 3.05) is 5.32 Å². The summed E-state index contributed by atoms with van der Waals surface area (Å²) in [6.07, 6.45) is -4.04. The Morgan fingerprint density at radius 2 is 1.79 bits per heavy atom. The van der Waals surface area contributed by atoms with Crippen LogP contribution in [0.25, 0.3) is 17.1 Å². The number of ether oxygens (including phenoxy) is 1. The predicted molar refractivity (Wildman–Crippen MR) is 97.6 cm³/mol. The van der Waals surface area contributed by atoms with Crippen LogP contribution in [-0.2, 0) is 0 Å². The molecule has 0 aliphatic rings. The fraction of sp³-hybridized carbons (Fsp3) is 0.211. The molecule has 0 saturated carbocycles. The van der Waals surface area contributed by atoms with Crippen LogP contribution in [0, 0.1) is 0 Å². The second-order valence-electron chi connectivity index (χ2n) is 6.22. The molecule has 28 heavy (non-hydrogen) atoms. The molecule has 146 valence electrons. The third-order valence-corrected chi connectivity index (χ3v) is 3.67. The van der Waals surface area contributed by atoms with Gasteiger partial charge in [-0.05, 0) is 38.1 Å². The molecule has 2 aromatic carbocycles. The average Bonchev–Trinajstić information content (AvgIpc) is 3.04. The molecule has 1 aromatic heterocycles. The summed E-state index contributed by atoms with van der Waals surface area (Å²) < 4.78 is 42.4. The largest absolute Gasteiger partial charge is 0.573 e. The van der Waals surface area contributed by atoms with E-state index in [1.54, 1.807) is 24.3 Å². The minimum Gasteiger partial charge on any atom is -0.406 e. The number of carbonyl (C=O) groups excluding carboxylic acids is 1. The molecule has 6 nitrogen and oxygen atoms in total. The Bertz CT molecular complexity index is 966. The van der Waals surface area contributed by atoms with Gasteiger partial charge in [0.25, 0.3) is 0 Å². The van der Waals surface area contributed by atoms with E-state index in [9.17, 15) is 18.0 Å². The number of halogens is 3. The average molecular weight is 390 g/mol. The molecular weight excluding hydrogens is 373 g/mol. The van der Waals surface area contributed by atoms with Gasteiger partial charge >= 0.3 is 6.36 Å². The Labute approximate surface area is 159 Å². The highest BCUT2D eigenvalue weighted by molar-refractivity contribution is 5.85. The SMILES string of the molecule is CC(C)Nc1nc(-c2ccccc2C=O)nn1-c1ccc(OC(F)(F)F)cc1. The lowest BCUT2D eigenvalue weighted by molar-refractivity contribution is -0.274. The van der Waals surface area contributed by atoms with E-state index in [0.29, 0.717) is 28.6 Å². The number of alkyl halides is 3. The van der Waals surface area contributed by atoms with Crippen molar-refractivity contribution in [3.63, 3.8) is 0 Å². The molecule has 3 aromatic rings. The van der Waals surface area contributed by atoms with Crippen molar-refractivity contribution in [1.82, 2.24) is 14.8 Å². The molecule has 0 unspecified atom stereocenters. The number of nitrogens with one attached hydrogen (secondary N) is 1. The Hall–Kier alpha value is -3.36. The van der Waals surface area contributed by atoms with Gasteiger partial charge in [0.1, 0.15) is 5.75 Å². The monoisotopic (exact) mass is 390 g/mol. The van der Waals surface area contributed by atoms with Crippen LogP contribution in [0.5, 0.6) is 5.75 Å². The summed E-state index contributed by atoms with van der Waals surface area (Å²) in [4.78, 5) is 15.8. The number of benzene rings is 2. The third-order valence-electron chi connectivity index (χ3n) is 3.67. The van der Waals surface area contributed by atoms with Gasteiger partial charge in [-0.25, -0.2) is 0 Å². The quantitative estimate of drug-likeness (QED) is 0.629. The Morgan fingerprint density at radius 3 is 2.39 bits per heavy atom. The molecule has 1 heterocycles. The van der Waals surface area contributed by atoms with Crippen molar-refractivity contribution in [1.29, 1.82) is 0 Å². The minimum absolute atomic E-state index is 0.0324. The minimum atomic E-state index is -4.76. The molecule has 0 spiro atoms. The molecule has 0 fully saturated rings. The van der Waals surface area contributed by atoms with Crippen LogP contribution in [0.15, 0.2) is 48.5 Å². The van der Waals surface area contributed by atoms with Crippen LogP contribution in [0.1, 0.15) is 24.2 Å². The van der Waals surface area contributed by atoms with Crippen molar-refractivity contribution in [3.05, 3.63) is 54.1 Å². The van der Waals surface area contributed by atoms with E-state index in [0.717, 1.165) is 6.29 Å². The Kier molecular flexibility index (Phi) is 5.34. The molecule has 0 radical (unpaired) electrons. The predicted octanol–water partition coefficient (Wildman–Crippen LogP) is 4.47. The fourth-order valence-electron chi connectivity index (χ4n) is 2.55. The van der Waals surface area contributed by atoms with E-state index in [-0.39, 0.29) is 11.8 Å². The molecule has 0 saturated heterocycles. The van der Waals surface area contributed by atoms with Gasteiger partial charge in [-0.1, -0.05) is 24.3 Å². The first-order valence-electron chi connectivity index (χ1n) is 8.41. The maximum atomic E-state index is 12.3. The zero-order valence-electron chi connectivity index (χ0n) is 15.1. The molecule has 1 N–H and O–H groups in total. The van der Waals surface area contributed by atoms with E-state index in [1.165, 1.54) is 28.9 Å². The van der Waals surface area contributed by atoms with Gasteiger partial charge < -0.3 is 10.1 Å². The molecule has 3 rings (SSSR count). The van der Waals surface area contributed by atoms with Crippen LogP contribution in [0.2, 0.25) is 0 Å². The third kappa shape index (κ3) is 4.48. The van der Waals surface area contributed by atoms with Crippen LogP contribution < -0.4 is 10.1 Å². The number of hydrogen-bond donors (Lipinski definition) is 1. The van der Waals surface area contributed by atoms with E-state index in [2.05, 4.69) is 20.1 Å². The number of carbonyl (C=O) groups is 1. The zero-order chi connectivity index (χ0) is 20.3. The second kappa shape index (κ2) is 7.71. The van der Waals surface area contributed by atoms with Crippen molar-refractivity contribution in [3.8, 4) is 22.8 Å². The first-order chi connectivity index (χ1) is 13.3. The van der Waals surface area contributed by atoms with Crippen molar-refractivity contribution in [2.24, 2.45) is 0 Å². The highest BCUT2D eigenvalue weighted by Crippen LogP contribution is 2.27. The van der Waals surface area contributed by atoms with Crippen molar-refractivity contribution >= 4 is 12.2 Å². The highest BCUT2D eigenvalue weighted by atomic mass is 19.4. The first-order valence-corrected chi connectivity index (χ1v) is 8.41. The summed E-state index contributed by atoms with van der Waals surface area (Å²) in [7, 11) is 0. The molecule has 0 amide bonds.